The molecule has 3 aromatic rings. The molecule has 0 atom stereocenters. The molecule has 0 bridgehead atoms. The monoisotopic (exact) mass is 338 g/mol. The van der Waals surface area contributed by atoms with Crippen LogP contribution in [0.15, 0.2) is 53.3 Å². The third kappa shape index (κ3) is 3.14. The summed E-state index contributed by atoms with van der Waals surface area (Å²) < 4.78 is 19.5. The average Bonchev–Trinajstić information content (AvgIpc) is 3.32. The molecule has 2 aromatic heterocycles. The Morgan fingerprint density at radius 3 is 2.84 bits per heavy atom. The van der Waals surface area contributed by atoms with E-state index < -0.39 is 5.82 Å². The minimum Gasteiger partial charge on any atom is -0.467 e. The molecule has 0 saturated heterocycles. The molecular formula is C20H19FN2O2. The molecule has 1 aliphatic rings. The van der Waals surface area contributed by atoms with Crippen molar-refractivity contribution in [3.05, 3.63) is 66.0 Å². The number of halogens is 1. The van der Waals surface area contributed by atoms with Crippen molar-refractivity contribution < 1.29 is 13.6 Å². The number of aromatic nitrogens is 1. The van der Waals surface area contributed by atoms with Crippen LogP contribution in [0.3, 0.4) is 0 Å². The first kappa shape index (κ1) is 15.8. The fourth-order valence-electron chi connectivity index (χ4n) is 3.63. The molecule has 128 valence electrons. The van der Waals surface area contributed by atoms with Crippen molar-refractivity contribution in [2.45, 2.75) is 38.3 Å². The number of nitrogens with zero attached hydrogens (tertiary/aromatic N) is 2. The summed E-state index contributed by atoms with van der Waals surface area (Å²) in [6.45, 7) is 0.390. The number of carbonyl (C=O) groups excluding carboxylic acids is 1. The zero-order valence-corrected chi connectivity index (χ0v) is 13.8. The number of benzene rings is 1. The van der Waals surface area contributed by atoms with Crippen LogP contribution in [0.25, 0.3) is 10.9 Å². The van der Waals surface area contributed by atoms with Crippen LogP contribution in [0.5, 0.6) is 0 Å². The van der Waals surface area contributed by atoms with Crippen molar-refractivity contribution in [2.75, 3.05) is 0 Å². The van der Waals surface area contributed by atoms with Gasteiger partial charge in [-0.3, -0.25) is 9.78 Å². The van der Waals surface area contributed by atoms with E-state index in [-0.39, 0.29) is 11.9 Å². The lowest BCUT2D eigenvalue weighted by Crippen LogP contribution is -2.38. The van der Waals surface area contributed by atoms with Gasteiger partial charge in [0.1, 0.15) is 11.6 Å². The predicted molar refractivity (Wildman–Crippen MR) is 92.5 cm³/mol. The molecular weight excluding hydrogens is 319 g/mol. The number of carbonyl (C=O) groups is 1. The number of hydrogen-bond acceptors (Lipinski definition) is 3. The third-order valence-electron chi connectivity index (χ3n) is 4.83. The van der Waals surface area contributed by atoms with Crippen molar-refractivity contribution in [1.29, 1.82) is 0 Å². The van der Waals surface area contributed by atoms with E-state index in [0.717, 1.165) is 31.4 Å². The predicted octanol–water partition coefficient (Wildman–Crippen LogP) is 4.55. The molecule has 5 heteroatoms. The van der Waals surface area contributed by atoms with E-state index in [0.29, 0.717) is 23.0 Å². The summed E-state index contributed by atoms with van der Waals surface area (Å²) in [5.41, 5.74) is 0.852. The highest BCUT2D eigenvalue weighted by Crippen LogP contribution is 2.28. The maximum Gasteiger partial charge on any atom is 0.256 e. The van der Waals surface area contributed by atoms with E-state index in [2.05, 4.69) is 4.98 Å². The number of rotatable bonds is 4. The van der Waals surface area contributed by atoms with E-state index in [1.54, 1.807) is 24.6 Å². The molecule has 0 aliphatic heterocycles. The number of fused-ring (bicyclic) bond motifs is 1. The Labute approximate surface area is 145 Å². The smallest absolute Gasteiger partial charge is 0.256 e. The van der Waals surface area contributed by atoms with Gasteiger partial charge in [0.2, 0.25) is 0 Å². The first-order chi connectivity index (χ1) is 12.2. The van der Waals surface area contributed by atoms with Gasteiger partial charge in [0.05, 0.1) is 23.9 Å². The Morgan fingerprint density at radius 2 is 2.08 bits per heavy atom. The summed E-state index contributed by atoms with van der Waals surface area (Å²) in [6, 6.07) is 10.0. The second-order valence-corrected chi connectivity index (χ2v) is 6.48. The van der Waals surface area contributed by atoms with Crippen LogP contribution in [0.1, 0.15) is 41.8 Å². The summed E-state index contributed by atoms with van der Waals surface area (Å²) in [5, 5.41) is 0.634. The van der Waals surface area contributed by atoms with Crippen molar-refractivity contribution in [3.8, 4) is 0 Å². The molecule has 1 amide bonds. The van der Waals surface area contributed by atoms with Crippen LogP contribution < -0.4 is 0 Å². The van der Waals surface area contributed by atoms with Gasteiger partial charge in [0.25, 0.3) is 5.91 Å². The second kappa shape index (κ2) is 6.67. The molecule has 0 N–H and O–H groups in total. The summed E-state index contributed by atoms with van der Waals surface area (Å²) in [6.07, 6.45) is 7.37. The number of furan rings is 1. The van der Waals surface area contributed by atoms with E-state index in [1.807, 2.05) is 17.0 Å². The van der Waals surface area contributed by atoms with Gasteiger partial charge >= 0.3 is 0 Å². The molecule has 1 saturated carbocycles. The Hall–Kier alpha value is -2.69. The summed E-state index contributed by atoms with van der Waals surface area (Å²) in [5.74, 6) is 0.119. The lowest BCUT2D eigenvalue weighted by atomic mass is 10.1. The van der Waals surface area contributed by atoms with Crippen LogP contribution in [0, 0.1) is 5.82 Å². The lowest BCUT2D eigenvalue weighted by molar-refractivity contribution is 0.0650. The van der Waals surface area contributed by atoms with Crippen molar-refractivity contribution in [1.82, 2.24) is 9.88 Å². The molecule has 0 spiro atoms. The quantitative estimate of drug-likeness (QED) is 0.701. The average molecular weight is 338 g/mol. The Morgan fingerprint density at radius 1 is 1.24 bits per heavy atom. The van der Waals surface area contributed by atoms with Gasteiger partial charge in [0.15, 0.2) is 0 Å². The zero-order chi connectivity index (χ0) is 17.2. The van der Waals surface area contributed by atoms with Crippen LogP contribution >= 0.6 is 0 Å². The summed E-state index contributed by atoms with van der Waals surface area (Å²) in [7, 11) is 0. The fourth-order valence-corrected chi connectivity index (χ4v) is 3.63. The van der Waals surface area contributed by atoms with Crippen molar-refractivity contribution in [2.24, 2.45) is 0 Å². The topological polar surface area (TPSA) is 46.3 Å². The molecule has 4 rings (SSSR count). The Bertz CT molecular complexity index is 886. The minimum absolute atomic E-state index is 0.152. The highest BCUT2D eigenvalue weighted by atomic mass is 19.1. The highest BCUT2D eigenvalue weighted by molar-refractivity contribution is 6.05. The zero-order valence-electron chi connectivity index (χ0n) is 13.8. The lowest BCUT2D eigenvalue weighted by Gasteiger charge is -2.28. The first-order valence-electron chi connectivity index (χ1n) is 8.60. The van der Waals surface area contributed by atoms with Crippen molar-refractivity contribution in [3.63, 3.8) is 0 Å². The van der Waals surface area contributed by atoms with Crippen LogP contribution in [-0.2, 0) is 6.54 Å². The van der Waals surface area contributed by atoms with E-state index in [4.69, 9.17) is 4.42 Å². The molecule has 0 radical (unpaired) electrons. The van der Waals surface area contributed by atoms with Gasteiger partial charge < -0.3 is 9.32 Å². The van der Waals surface area contributed by atoms with E-state index in [1.165, 1.54) is 12.1 Å². The fraction of sp³-hybridized carbons (Fsp3) is 0.300. The molecule has 0 unspecified atom stereocenters. The van der Waals surface area contributed by atoms with Gasteiger partial charge in [-0.05, 0) is 43.2 Å². The SMILES string of the molecule is O=C(c1cc(F)cc2cccnc12)N(Cc1ccco1)C1CCCC1. The van der Waals surface area contributed by atoms with E-state index >= 15 is 0 Å². The minimum atomic E-state index is -0.423. The second-order valence-electron chi connectivity index (χ2n) is 6.48. The Balaban J connectivity index is 1.75. The molecule has 1 aliphatic carbocycles. The third-order valence-corrected chi connectivity index (χ3v) is 4.83. The normalized spacial score (nSPS) is 14.9. The van der Waals surface area contributed by atoms with Gasteiger partial charge in [-0.15, -0.1) is 0 Å². The molecule has 1 fully saturated rings. The molecule has 2 heterocycles. The molecule has 1 aromatic carbocycles. The first-order valence-corrected chi connectivity index (χ1v) is 8.60. The van der Waals surface area contributed by atoms with Gasteiger partial charge in [-0.1, -0.05) is 18.9 Å². The van der Waals surface area contributed by atoms with Crippen LogP contribution in [-0.4, -0.2) is 21.8 Å². The summed E-state index contributed by atoms with van der Waals surface area (Å²) in [4.78, 5) is 19.4. The van der Waals surface area contributed by atoms with Crippen LogP contribution in [0.4, 0.5) is 4.39 Å². The molecule has 25 heavy (non-hydrogen) atoms. The van der Waals surface area contributed by atoms with Gasteiger partial charge in [0, 0.05) is 17.6 Å². The standard InChI is InChI=1S/C20H19FN2O2/c21-15-11-14-5-3-9-22-19(14)18(12-15)20(24)23(16-6-1-2-7-16)13-17-8-4-10-25-17/h3-5,8-12,16H,1-2,6-7,13H2. The number of pyridine rings is 1. The largest absolute Gasteiger partial charge is 0.467 e. The Kier molecular flexibility index (Phi) is 4.22. The number of hydrogen-bond donors (Lipinski definition) is 0. The highest BCUT2D eigenvalue weighted by Gasteiger charge is 2.29. The van der Waals surface area contributed by atoms with E-state index in [9.17, 15) is 9.18 Å². The van der Waals surface area contributed by atoms with Crippen molar-refractivity contribution >= 4 is 16.8 Å². The number of amides is 1. The maximum absolute atomic E-state index is 14.1. The van der Waals surface area contributed by atoms with Crippen LogP contribution in [0.2, 0.25) is 0 Å². The summed E-state index contributed by atoms with van der Waals surface area (Å²) >= 11 is 0. The van der Waals surface area contributed by atoms with Gasteiger partial charge in [-0.25, -0.2) is 4.39 Å². The van der Waals surface area contributed by atoms with Gasteiger partial charge in [-0.2, -0.15) is 0 Å². The maximum atomic E-state index is 14.1. The molecule has 4 nitrogen and oxygen atoms in total.